The quantitative estimate of drug-likeness (QED) is 0.379. The Labute approximate surface area is 163 Å². The van der Waals surface area contributed by atoms with Crippen LogP contribution >= 0.6 is 0 Å². The summed E-state index contributed by atoms with van der Waals surface area (Å²) in [6.07, 6.45) is 7.78. The molecule has 2 aromatic rings. The monoisotopic (exact) mass is 384 g/mol. The van der Waals surface area contributed by atoms with Crippen molar-refractivity contribution in [2.24, 2.45) is 0 Å². The molecule has 7 heteroatoms. The smallest absolute Gasteiger partial charge is 0.341 e. The third-order valence-electron chi connectivity index (χ3n) is 3.88. The van der Waals surface area contributed by atoms with Crippen molar-refractivity contribution in [1.29, 1.82) is 0 Å². The second-order valence-electron chi connectivity index (χ2n) is 6.19. The van der Waals surface area contributed by atoms with E-state index in [2.05, 4.69) is 16.9 Å². The fourth-order valence-corrected chi connectivity index (χ4v) is 2.42. The molecule has 0 radical (unpaired) electrons. The number of carbonyl (C=O) groups is 2. The number of para-hydroxylation sites is 1. The topological polar surface area (TPSA) is 98.3 Å². The predicted molar refractivity (Wildman–Crippen MR) is 106 cm³/mol. The molecule has 0 fully saturated rings. The number of aromatic nitrogens is 2. The predicted octanol–water partition coefficient (Wildman–Crippen LogP) is 3.90. The van der Waals surface area contributed by atoms with Gasteiger partial charge in [0.05, 0.1) is 12.9 Å². The first-order chi connectivity index (χ1) is 13.5. The first-order valence-corrected chi connectivity index (χ1v) is 9.23. The Hall–Kier alpha value is -3.22. The number of unbranched alkanes of at least 4 members (excludes halogenated alkanes) is 3. The van der Waals surface area contributed by atoms with Gasteiger partial charge in [0.25, 0.3) is 5.56 Å². The van der Waals surface area contributed by atoms with Gasteiger partial charge >= 0.3 is 5.97 Å². The number of allylic oxidation sites excluding steroid dienone is 1. The molecule has 28 heavy (non-hydrogen) atoms. The van der Waals surface area contributed by atoms with Crippen molar-refractivity contribution in [3.8, 4) is 11.6 Å². The minimum absolute atomic E-state index is 0.00977. The largest absolute Gasteiger partial charge is 0.462 e. The molecule has 0 atom stereocenters. The van der Waals surface area contributed by atoms with E-state index in [0.29, 0.717) is 6.61 Å². The summed E-state index contributed by atoms with van der Waals surface area (Å²) >= 11 is 0. The minimum atomic E-state index is -0.502. The van der Waals surface area contributed by atoms with Crippen molar-refractivity contribution in [2.45, 2.75) is 39.5 Å². The molecule has 0 saturated heterocycles. The molecule has 1 N–H and O–H groups in total. The molecule has 1 aromatic heterocycles. The Morgan fingerprint density at radius 1 is 1.18 bits per heavy atom. The van der Waals surface area contributed by atoms with Crippen LogP contribution in [-0.2, 0) is 9.53 Å². The van der Waals surface area contributed by atoms with Crippen molar-refractivity contribution in [3.05, 3.63) is 58.1 Å². The van der Waals surface area contributed by atoms with Crippen molar-refractivity contribution in [3.63, 3.8) is 0 Å². The van der Waals surface area contributed by atoms with Gasteiger partial charge < -0.3 is 14.5 Å². The second-order valence-corrected chi connectivity index (χ2v) is 6.19. The minimum Gasteiger partial charge on any atom is -0.462 e. The highest BCUT2D eigenvalue weighted by Gasteiger charge is 2.16. The lowest BCUT2D eigenvalue weighted by atomic mass is 10.2. The zero-order valence-corrected chi connectivity index (χ0v) is 16.1. The molecule has 0 aliphatic heterocycles. The third-order valence-corrected chi connectivity index (χ3v) is 3.88. The van der Waals surface area contributed by atoms with E-state index in [9.17, 15) is 14.4 Å². The van der Waals surface area contributed by atoms with E-state index in [1.165, 1.54) is 25.4 Å². The van der Waals surface area contributed by atoms with Crippen LogP contribution in [0.15, 0.2) is 41.5 Å². The number of H-pyrrole nitrogens is 1. The average molecular weight is 384 g/mol. The number of carbonyl (C=O) groups excluding carboxylic acids is 2. The number of ketones is 1. The molecule has 0 aliphatic rings. The average Bonchev–Trinajstić information content (AvgIpc) is 2.67. The molecule has 0 amide bonds. The van der Waals surface area contributed by atoms with Crippen molar-refractivity contribution in [2.75, 3.05) is 6.61 Å². The summed E-state index contributed by atoms with van der Waals surface area (Å²) in [7, 11) is 0. The molecular weight excluding hydrogens is 360 g/mol. The third kappa shape index (κ3) is 6.19. The molecule has 0 spiro atoms. The van der Waals surface area contributed by atoms with Gasteiger partial charge in [-0.3, -0.25) is 9.59 Å². The van der Waals surface area contributed by atoms with E-state index in [-0.39, 0.29) is 28.5 Å². The highest BCUT2D eigenvalue weighted by atomic mass is 16.5. The number of nitrogens with one attached hydrogen (secondary N) is 1. The molecule has 2 rings (SSSR count). The van der Waals surface area contributed by atoms with E-state index >= 15 is 0 Å². The maximum absolute atomic E-state index is 12.4. The number of hydrogen-bond acceptors (Lipinski definition) is 6. The van der Waals surface area contributed by atoms with E-state index in [1.807, 2.05) is 0 Å². The van der Waals surface area contributed by atoms with Crippen LogP contribution in [0.4, 0.5) is 0 Å². The Balaban J connectivity index is 2.20. The Morgan fingerprint density at radius 3 is 2.71 bits per heavy atom. The van der Waals surface area contributed by atoms with E-state index in [4.69, 9.17) is 9.47 Å². The zero-order chi connectivity index (χ0) is 20.4. The molecular formula is C21H24N2O5. The molecule has 0 saturated carbocycles. The number of ether oxygens (including phenoxy) is 2. The molecule has 0 aliphatic carbocycles. The lowest BCUT2D eigenvalue weighted by molar-refractivity contribution is -0.112. The standard InChI is InChI=1S/C21H24N2O5/c1-3-4-5-8-13-27-21(26)16-9-6-7-10-18(16)28-20-17(12-11-15(2)24)19(25)22-14-23-20/h6-7,9-12,14H,3-5,8,13H2,1-2H3,(H,22,23,25)/b12-11+. The molecule has 0 unspecified atom stereocenters. The van der Waals surface area contributed by atoms with Gasteiger partial charge in [-0.15, -0.1) is 0 Å². The lowest BCUT2D eigenvalue weighted by Gasteiger charge is -2.11. The van der Waals surface area contributed by atoms with Crippen LogP contribution in [0.3, 0.4) is 0 Å². The van der Waals surface area contributed by atoms with Gasteiger partial charge in [0.2, 0.25) is 5.88 Å². The maximum Gasteiger partial charge on any atom is 0.341 e. The van der Waals surface area contributed by atoms with Crippen LogP contribution in [0.1, 0.15) is 55.5 Å². The highest BCUT2D eigenvalue weighted by molar-refractivity contribution is 5.93. The van der Waals surface area contributed by atoms with E-state index < -0.39 is 11.5 Å². The summed E-state index contributed by atoms with van der Waals surface area (Å²) in [4.78, 5) is 42.1. The summed E-state index contributed by atoms with van der Waals surface area (Å²) in [6, 6.07) is 6.57. The van der Waals surface area contributed by atoms with Gasteiger partial charge in [0.1, 0.15) is 16.9 Å². The number of nitrogens with zero attached hydrogens (tertiary/aromatic N) is 1. The molecule has 1 aromatic carbocycles. The van der Waals surface area contributed by atoms with Gasteiger partial charge in [0, 0.05) is 0 Å². The summed E-state index contributed by atoms with van der Waals surface area (Å²) in [5.41, 5.74) is -0.138. The van der Waals surface area contributed by atoms with E-state index in [1.54, 1.807) is 24.3 Å². The molecule has 7 nitrogen and oxygen atoms in total. The fraction of sp³-hybridized carbons (Fsp3) is 0.333. The number of benzene rings is 1. The second kappa shape index (κ2) is 10.8. The van der Waals surface area contributed by atoms with Crippen LogP contribution in [0.2, 0.25) is 0 Å². The molecule has 0 bridgehead atoms. The SMILES string of the molecule is CCCCCCOC(=O)c1ccccc1Oc1nc[nH]c(=O)c1/C=C/C(C)=O. The van der Waals surface area contributed by atoms with Crippen LogP contribution in [0.25, 0.3) is 6.08 Å². The van der Waals surface area contributed by atoms with E-state index in [0.717, 1.165) is 25.7 Å². The number of hydrogen-bond donors (Lipinski definition) is 1. The summed E-state index contributed by atoms with van der Waals surface area (Å²) in [5, 5.41) is 0. The zero-order valence-electron chi connectivity index (χ0n) is 16.1. The van der Waals surface area contributed by atoms with Gasteiger partial charge in [0.15, 0.2) is 5.78 Å². The van der Waals surface area contributed by atoms with Gasteiger partial charge in [-0.25, -0.2) is 9.78 Å². The Morgan fingerprint density at radius 2 is 1.96 bits per heavy atom. The Bertz CT molecular complexity index is 902. The van der Waals surface area contributed by atoms with Crippen LogP contribution < -0.4 is 10.3 Å². The molecule has 148 valence electrons. The van der Waals surface area contributed by atoms with Crippen molar-refractivity contribution < 1.29 is 19.1 Å². The van der Waals surface area contributed by atoms with Crippen molar-refractivity contribution >= 4 is 17.8 Å². The summed E-state index contributed by atoms with van der Waals surface area (Å²) in [5.74, 6) is -0.514. The number of esters is 1. The first-order valence-electron chi connectivity index (χ1n) is 9.23. The lowest BCUT2D eigenvalue weighted by Crippen LogP contribution is -2.13. The summed E-state index contributed by atoms with van der Waals surface area (Å²) < 4.78 is 11.0. The van der Waals surface area contributed by atoms with Gasteiger partial charge in [-0.05, 0) is 37.6 Å². The van der Waals surface area contributed by atoms with Crippen molar-refractivity contribution in [1.82, 2.24) is 9.97 Å². The maximum atomic E-state index is 12.4. The van der Waals surface area contributed by atoms with Crippen LogP contribution in [-0.4, -0.2) is 28.3 Å². The normalized spacial score (nSPS) is 10.8. The number of rotatable bonds is 10. The molecule has 1 heterocycles. The highest BCUT2D eigenvalue weighted by Crippen LogP contribution is 2.26. The summed E-state index contributed by atoms with van der Waals surface area (Å²) in [6.45, 7) is 3.82. The van der Waals surface area contributed by atoms with Gasteiger partial charge in [-0.2, -0.15) is 0 Å². The Kier molecular flexibility index (Phi) is 8.14. The van der Waals surface area contributed by atoms with Crippen LogP contribution in [0, 0.1) is 0 Å². The first kappa shape index (κ1) is 21.1. The fourth-order valence-electron chi connectivity index (χ4n) is 2.42. The van der Waals surface area contributed by atoms with Crippen LogP contribution in [0.5, 0.6) is 11.6 Å². The van der Waals surface area contributed by atoms with Gasteiger partial charge in [-0.1, -0.05) is 38.3 Å². The number of aromatic amines is 1.